The van der Waals surface area contributed by atoms with Crippen LogP contribution in [0, 0.1) is 5.82 Å². The number of fused-ring (bicyclic) bond motifs is 1. The molecule has 4 nitrogen and oxygen atoms in total. The molecule has 1 aromatic heterocycles. The first-order chi connectivity index (χ1) is 9.01. The van der Waals surface area contributed by atoms with Gasteiger partial charge in [-0.1, -0.05) is 11.6 Å². The zero-order chi connectivity index (χ0) is 13.6. The van der Waals surface area contributed by atoms with E-state index in [1.165, 1.54) is 12.1 Å². The standard InChI is InChI=1S/C13H15ClFN3O/c1-13(3-2-4-19-7-13)18-11-6-9(15)8(14)5-10(11)17-12(18)16/h5-6H,2-4,7H2,1H3,(H2,16,17). The van der Waals surface area contributed by atoms with E-state index < -0.39 is 5.82 Å². The van der Waals surface area contributed by atoms with Crippen molar-refractivity contribution < 1.29 is 9.13 Å². The Morgan fingerprint density at radius 3 is 3.00 bits per heavy atom. The molecule has 0 radical (unpaired) electrons. The van der Waals surface area contributed by atoms with Crippen LogP contribution in [0.4, 0.5) is 10.3 Å². The minimum Gasteiger partial charge on any atom is -0.379 e. The first-order valence-electron chi connectivity index (χ1n) is 6.22. The second-order valence-corrected chi connectivity index (χ2v) is 5.62. The SMILES string of the molecule is CC1(n2c(N)nc3cc(Cl)c(F)cc32)CCCOC1. The number of hydrogen-bond acceptors (Lipinski definition) is 3. The lowest BCUT2D eigenvalue weighted by molar-refractivity contribution is 0.0124. The van der Waals surface area contributed by atoms with Crippen LogP contribution >= 0.6 is 11.6 Å². The second kappa shape index (κ2) is 4.35. The number of halogens is 2. The molecule has 2 heterocycles. The van der Waals surface area contributed by atoms with Crippen molar-refractivity contribution in [1.29, 1.82) is 0 Å². The topological polar surface area (TPSA) is 53.1 Å². The number of rotatable bonds is 1. The molecular formula is C13H15ClFN3O. The third-order valence-electron chi connectivity index (χ3n) is 3.68. The highest BCUT2D eigenvalue weighted by Crippen LogP contribution is 2.34. The molecule has 0 aliphatic carbocycles. The smallest absolute Gasteiger partial charge is 0.201 e. The lowest BCUT2D eigenvalue weighted by atomic mass is 9.94. The summed E-state index contributed by atoms with van der Waals surface area (Å²) in [4.78, 5) is 4.27. The predicted octanol–water partition coefficient (Wildman–Crippen LogP) is 2.94. The van der Waals surface area contributed by atoms with Gasteiger partial charge in [-0.15, -0.1) is 0 Å². The van der Waals surface area contributed by atoms with Gasteiger partial charge >= 0.3 is 0 Å². The summed E-state index contributed by atoms with van der Waals surface area (Å²) in [6.07, 6.45) is 1.87. The van der Waals surface area contributed by atoms with E-state index in [0.29, 0.717) is 23.6 Å². The number of ether oxygens (including phenoxy) is 1. The first kappa shape index (κ1) is 12.7. The van der Waals surface area contributed by atoms with E-state index in [1.54, 1.807) is 0 Å². The molecule has 0 amide bonds. The van der Waals surface area contributed by atoms with Crippen LogP contribution in [0.5, 0.6) is 0 Å². The van der Waals surface area contributed by atoms with Crippen LogP contribution in [-0.4, -0.2) is 22.8 Å². The van der Waals surface area contributed by atoms with Gasteiger partial charge in [-0.3, -0.25) is 0 Å². The molecule has 3 rings (SSSR count). The zero-order valence-corrected chi connectivity index (χ0v) is 11.4. The highest BCUT2D eigenvalue weighted by Gasteiger charge is 2.33. The molecule has 1 unspecified atom stereocenters. The molecule has 6 heteroatoms. The number of benzene rings is 1. The van der Waals surface area contributed by atoms with Gasteiger partial charge in [0, 0.05) is 12.7 Å². The summed E-state index contributed by atoms with van der Waals surface area (Å²) in [5.74, 6) is -0.0969. The zero-order valence-electron chi connectivity index (χ0n) is 10.6. The number of imidazole rings is 1. The number of nitrogens with two attached hydrogens (primary N) is 1. The largest absolute Gasteiger partial charge is 0.379 e. The van der Waals surface area contributed by atoms with Gasteiger partial charge in [0.15, 0.2) is 0 Å². The van der Waals surface area contributed by atoms with Crippen LogP contribution in [0.1, 0.15) is 19.8 Å². The molecule has 1 aliphatic heterocycles. The highest BCUT2D eigenvalue weighted by atomic mass is 35.5. The highest BCUT2D eigenvalue weighted by molar-refractivity contribution is 6.31. The van der Waals surface area contributed by atoms with Crippen LogP contribution in [0.25, 0.3) is 11.0 Å². The Bertz CT molecular complexity index is 634. The molecule has 1 aromatic carbocycles. The van der Waals surface area contributed by atoms with Crippen LogP contribution in [0.2, 0.25) is 5.02 Å². The van der Waals surface area contributed by atoms with Crippen LogP contribution < -0.4 is 5.73 Å². The summed E-state index contributed by atoms with van der Waals surface area (Å²) >= 11 is 5.78. The molecule has 2 aromatic rings. The van der Waals surface area contributed by atoms with E-state index >= 15 is 0 Å². The number of nitrogen functional groups attached to an aromatic ring is 1. The van der Waals surface area contributed by atoms with Crippen molar-refractivity contribution in [3.05, 3.63) is 23.0 Å². The molecule has 0 bridgehead atoms. The average Bonchev–Trinajstić information content (AvgIpc) is 2.67. The van der Waals surface area contributed by atoms with Crippen molar-refractivity contribution in [2.75, 3.05) is 18.9 Å². The Kier molecular flexibility index (Phi) is 2.91. The van der Waals surface area contributed by atoms with E-state index in [2.05, 4.69) is 11.9 Å². The van der Waals surface area contributed by atoms with Crippen molar-refractivity contribution in [2.24, 2.45) is 0 Å². The number of aromatic nitrogens is 2. The Morgan fingerprint density at radius 2 is 2.32 bits per heavy atom. The van der Waals surface area contributed by atoms with Crippen molar-refractivity contribution in [3.8, 4) is 0 Å². The Morgan fingerprint density at radius 1 is 1.53 bits per heavy atom. The summed E-state index contributed by atoms with van der Waals surface area (Å²) in [5.41, 5.74) is 6.97. The average molecular weight is 284 g/mol. The minimum atomic E-state index is -0.462. The molecule has 1 aliphatic rings. The van der Waals surface area contributed by atoms with Crippen molar-refractivity contribution in [1.82, 2.24) is 9.55 Å². The predicted molar refractivity (Wildman–Crippen MR) is 72.8 cm³/mol. The molecule has 0 spiro atoms. The van der Waals surface area contributed by atoms with Crippen molar-refractivity contribution in [2.45, 2.75) is 25.3 Å². The van der Waals surface area contributed by atoms with E-state index in [1.807, 2.05) is 4.57 Å². The lowest BCUT2D eigenvalue weighted by Gasteiger charge is -2.35. The molecular weight excluding hydrogens is 269 g/mol. The van der Waals surface area contributed by atoms with E-state index in [-0.39, 0.29) is 10.6 Å². The summed E-state index contributed by atoms with van der Waals surface area (Å²) in [7, 11) is 0. The summed E-state index contributed by atoms with van der Waals surface area (Å²) in [6, 6.07) is 2.90. The van der Waals surface area contributed by atoms with Crippen LogP contribution in [-0.2, 0) is 10.3 Å². The van der Waals surface area contributed by atoms with Gasteiger partial charge in [-0.25, -0.2) is 9.37 Å². The maximum Gasteiger partial charge on any atom is 0.201 e. The fourth-order valence-corrected chi connectivity index (χ4v) is 2.91. The quantitative estimate of drug-likeness (QED) is 0.875. The van der Waals surface area contributed by atoms with Gasteiger partial charge in [-0.2, -0.15) is 0 Å². The van der Waals surface area contributed by atoms with E-state index in [0.717, 1.165) is 19.4 Å². The molecule has 1 fully saturated rings. The van der Waals surface area contributed by atoms with E-state index in [4.69, 9.17) is 22.1 Å². The normalized spacial score (nSPS) is 23.9. The molecule has 19 heavy (non-hydrogen) atoms. The third kappa shape index (κ3) is 1.97. The summed E-state index contributed by atoms with van der Waals surface area (Å²) in [5, 5.41) is 0.0576. The van der Waals surface area contributed by atoms with E-state index in [9.17, 15) is 4.39 Å². The van der Waals surface area contributed by atoms with Gasteiger partial charge in [-0.05, 0) is 25.8 Å². The molecule has 1 atom stereocenters. The summed E-state index contributed by atoms with van der Waals surface area (Å²) < 4.78 is 21.1. The fraction of sp³-hybridized carbons (Fsp3) is 0.462. The monoisotopic (exact) mass is 283 g/mol. The van der Waals surface area contributed by atoms with Crippen LogP contribution in [0.15, 0.2) is 12.1 Å². The Labute approximate surface area is 115 Å². The third-order valence-corrected chi connectivity index (χ3v) is 3.97. The minimum absolute atomic E-state index is 0.0576. The van der Waals surface area contributed by atoms with Gasteiger partial charge < -0.3 is 15.0 Å². The van der Waals surface area contributed by atoms with Gasteiger partial charge in [0.1, 0.15) is 5.82 Å². The molecule has 102 valence electrons. The number of nitrogens with zero attached hydrogens (tertiary/aromatic N) is 2. The van der Waals surface area contributed by atoms with Gasteiger partial charge in [0.05, 0.1) is 28.2 Å². The maximum absolute atomic E-state index is 13.7. The van der Waals surface area contributed by atoms with Crippen molar-refractivity contribution in [3.63, 3.8) is 0 Å². The Hall–Kier alpha value is -1.33. The first-order valence-corrected chi connectivity index (χ1v) is 6.60. The number of hydrogen-bond donors (Lipinski definition) is 1. The number of anilines is 1. The van der Waals surface area contributed by atoms with Gasteiger partial charge in [0.25, 0.3) is 0 Å². The fourth-order valence-electron chi connectivity index (χ4n) is 2.75. The molecule has 1 saturated heterocycles. The van der Waals surface area contributed by atoms with Crippen molar-refractivity contribution >= 4 is 28.6 Å². The maximum atomic E-state index is 13.7. The molecule has 0 saturated carbocycles. The second-order valence-electron chi connectivity index (χ2n) is 5.21. The van der Waals surface area contributed by atoms with Crippen LogP contribution in [0.3, 0.4) is 0 Å². The molecule has 2 N–H and O–H groups in total. The summed E-state index contributed by atoms with van der Waals surface area (Å²) in [6.45, 7) is 3.35. The van der Waals surface area contributed by atoms with Gasteiger partial charge in [0.2, 0.25) is 5.95 Å². The Balaban J connectivity index is 2.22. The lowest BCUT2D eigenvalue weighted by Crippen LogP contribution is -2.39.